The molecule has 0 radical (unpaired) electrons. The maximum absolute atomic E-state index is 12.4. The second kappa shape index (κ2) is 7.07. The van der Waals surface area contributed by atoms with Crippen LogP contribution < -0.4 is 10.0 Å². The topological polar surface area (TPSA) is 67.4 Å². The summed E-state index contributed by atoms with van der Waals surface area (Å²) in [5.41, 5.74) is 0.878. The molecule has 1 aliphatic carbocycles. The van der Waals surface area contributed by atoms with Crippen molar-refractivity contribution in [3.05, 3.63) is 28.8 Å². The second-order valence-corrected chi connectivity index (χ2v) is 7.25. The predicted molar refractivity (Wildman–Crippen MR) is 83.0 cm³/mol. The number of rotatable bonds is 7. The Morgan fingerprint density at radius 1 is 1.38 bits per heavy atom. The first-order chi connectivity index (χ1) is 9.96. The summed E-state index contributed by atoms with van der Waals surface area (Å²) in [5, 5.41) is 3.23. The third-order valence-electron chi connectivity index (χ3n) is 3.49. The lowest BCUT2D eigenvalue weighted by molar-refractivity contribution is -0.00475. The average Bonchev–Trinajstić information content (AvgIpc) is 2.38. The first-order valence-electron chi connectivity index (χ1n) is 7.03. The van der Waals surface area contributed by atoms with E-state index >= 15 is 0 Å². The third-order valence-corrected chi connectivity index (χ3v) is 5.49. The van der Waals surface area contributed by atoms with Gasteiger partial charge in [-0.25, -0.2) is 13.1 Å². The van der Waals surface area contributed by atoms with Crippen molar-refractivity contribution in [3.8, 4) is 0 Å². The van der Waals surface area contributed by atoms with Crippen LogP contribution in [0.25, 0.3) is 0 Å². The van der Waals surface area contributed by atoms with Gasteiger partial charge in [-0.1, -0.05) is 17.7 Å². The smallest absolute Gasteiger partial charge is 0.242 e. The minimum atomic E-state index is -3.60. The molecular weight excluding hydrogens is 312 g/mol. The van der Waals surface area contributed by atoms with E-state index in [0.717, 1.165) is 5.56 Å². The Labute approximate surface area is 131 Å². The van der Waals surface area contributed by atoms with Gasteiger partial charge in [0, 0.05) is 19.2 Å². The zero-order chi connectivity index (χ0) is 15.5. The van der Waals surface area contributed by atoms with Crippen LogP contribution in [0.2, 0.25) is 5.02 Å². The molecular formula is C14H21ClN2O3S. The Morgan fingerprint density at radius 3 is 2.71 bits per heavy atom. The summed E-state index contributed by atoms with van der Waals surface area (Å²) < 4.78 is 33.0. The Kier molecular flexibility index (Phi) is 5.62. The van der Waals surface area contributed by atoms with Crippen LogP contribution in [0.5, 0.6) is 0 Å². The Bertz CT molecular complexity index is 586. The minimum absolute atomic E-state index is 0.0735. The molecule has 0 spiro atoms. The summed E-state index contributed by atoms with van der Waals surface area (Å²) in [6.45, 7) is 3.18. The van der Waals surface area contributed by atoms with Gasteiger partial charge in [-0.2, -0.15) is 0 Å². The number of halogens is 1. The van der Waals surface area contributed by atoms with Crippen molar-refractivity contribution >= 4 is 21.6 Å². The molecule has 1 aromatic carbocycles. The molecule has 21 heavy (non-hydrogen) atoms. The molecule has 0 amide bonds. The highest BCUT2D eigenvalue weighted by atomic mass is 35.5. The number of benzene rings is 1. The van der Waals surface area contributed by atoms with E-state index in [0.29, 0.717) is 26.0 Å². The number of hydrogen-bond donors (Lipinski definition) is 2. The molecule has 1 saturated carbocycles. The molecule has 0 bridgehead atoms. The highest BCUT2D eigenvalue weighted by Crippen LogP contribution is 2.27. The molecule has 1 aliphatic rings. The molecule has 0 unspecified atom stereocenters. The maximum Gasteiger partial charge on any atom is 0.242 e. The van der Waals surface area contributed by atoms with Crippen LogP contribution in [0.3, 0.4) is 0 Å². The first kappa shape index (κ1) is 16.7. The van der Waals surface area contributed by atoms with Crippen molar-refractivity contribution in [2.45, 2.75) is 43.4 Å². The Morgan fingerprint density at radius 2 is 2.10 bits per heavy atom. The summed E-state index contributed by atoms with van der Waals surface area (Å²) in [6, 6.07) is 4.97. The van der Waals surface area contributed by atoms with Crippen molar-refractivity contribution in [1.82, 2.24) is 10.0 Å². The van der Waals surface area contributed by atoms with E-state index in [4.69, 9.17) is 16.3 Å². The molecule has 0 saturated heterocycles. The number of ether oxygens (including phenoxy) is 1. The second-order valence-electron chi connectivity index (χ2n) is 5.16. The Hall–Kier alpha value is -0.660. The highest BCUT2D eigenvalue weighted by molar-refractivity contribution is 7.89. The fraction of sp³-hybridized carbons (Fsp3) is 0.571. The third kappa shape index (κ3) is 4.17. The zero-order valence-corrected chi connectivity index (χ0v) is 13.8. The average molecular weight is 333 g/mol. The van der Waals surface area contributed by atoms with E-state index in [-0.39, 0.29) is 22.1 Å². The molecule has 0 heterocycles. The van der Waals surface area contributed by atoms with Crippen molar-refractivity contribution in [2.75, 3.05) is 13.7 Å². The van der Waals surface area contributed by atoms with Crippen LogP contribution in [0.1, 0.15) is 25.3 Å². The van der Waals surface area contributed by atoms with Crippen LogP contribution >= 0.6 is 11.6 Å². The first-order valence-corrected chi connectivity index (χ1v) is 8.89. The van der Waals surface area contributed by atoms with E-state index < -0.39 is 10.0 Å². The van der Waals surface area contributed by atoms with Crippen molar-refractivity contribution < 1.29 is 13.2 Å². The highest BCUT2D eigenvalue weighted by Gasteiger charge is 2.33. The molecule has 7 heteroatoms. The number of sulfonamides is 1. The SMILES string of the molecule is CCOC1CC(NS(=O)(=O)c2cc(CNC)ccc2Cl)C1. The van der Waals surface area contributed by atoms with E-state index in [9.17, 15) is 8.42 Å². The van der Waals surface area contributed by atoms with Crippen molar-refractivity contribution in [3.63, 3.8) is 0 Å². The molecule has 2 rings (SSSR count). The van der Waals surface area contributed by atoms with Gasteiger partial charge in [-0.15, -0.1) is 0 Å². The van der Waals surface area contributed by atoms with Gasteiger partial charge in [-0.3, -0.25) is 0 Å². The van der Waals surface area contributed by atoms with Gasteiger partial charge >= 0.3 is 0 Å². The van der Waals surface area contributed by atoms with E-state index in [1.807, 2.05) is 20.0 Å². The van der Waals surface area contributed by atoms with Gasteiger partial charge in [0.05, 0.1) is 11.1 Å². The summed E-state index contributed by atoms with van der Waals surface area (Å²) in [4.78, 5) is 0.136. The molecule has 118 valence electrons. The molecule has 1 aromatic rings. The van der Waals surface area contributed by atoms with Gasteiger partial charge < -0.3 is 10.1 Å². The van der Waals surface area contributed by atoms with E-state index in [1.54, 1.807) is 12.1 Å². The maximum atomic E-state index is 12.4. The fourth-order valence-corrected chi connectivity index (χ4v) is 4.20. The van der Waals surface area contributed by atoms with Crippen molar-refractivity contribution in [1.29, 1.82) is 0 Å². The minimum Gasteiger partial charge on any atom is -0.378 e. The molecule has 2 N–H and O–H groups in total. The summed E-state index contributed by atoms with van der Waals surface area (Å²) in [7, 11) is -1.79. The van der Waals surface area contributed by atoms with Gasteiger partial charge in [0.25, 0.3) is 0 Å². The molecule has 0 atom stereocenters. The van der Waals surface area contributed by atoms with Crippen molar-refractivity contribution in [2.24, 2.45) is 0 Å². The zero-order valence-electron chi connectivity index (χ0n) is 12.2. The van der Waals surface area contributed by atoms with Crippen LogP contribution in [-0.4, -0.2) is 34.2 Å². The van der Waals surface area contributed by atoms with Gasteiger partial charge in [-0.05, 0) is 44.5 Å². The molecule has 1 fully saturated rings. The summed E-state index contributed by atoms with van der Waals surface area (Å²) in [5.74, 6) is 0. The molecule has 0 aromatic heterocycles. The normalized spacial score (nSPS) is 22.0. The van der Waals surface area contributed by atoms with Gasteiger partial charge in [0.1, 0.15) is 4.90 Å². The van der Waals surface area contributed by atoms with Crippen LogP contribution in [-0.2, 0) is 21.3 Å². The fourth-order valence-electron chi connectivity index (χ4n) is 2.38. The standard InChI is InChI=1S/C14H21ClN2O3S/c1-3-20-12-7-11(8-12)17-21(18,19)14-6-10(9-16-2)4-5-13(14)15/h4-6,11-12,16-17H,3,7-9H2,1-2H3. The largest absolute Gasteiger partial charge is 0.378 e. The summed E-state index contributed by atoms with van der Waals surface area (Å²) in [6.07, 6.45) is 1.58. The summed E-state index contributed by atoms with van der Waals surface area (Å²) >= 11 is 6.04. The monoisotopic (exact) mass is 332 g/mol. The molecule has 5 nitrogen and oxygen atoms in total. The van der Waals surface area contributed by atoms with E-state index in [1.165, 1.54) is 0 Å². The lowest BCUT2D eigenvalue weighted by atomic mass is 9.90. The Balaban J connectivity index is 2.07. The van der Waals surface area contributed by atoms with Crippen LogP contribution in [0.15, 0.2) is 23.1 Å². The lowest BCUT2D eigenvalue weighted by Gasteiger charge is -2.35. The quantitative estimate of drug-likeness (QED) is 0.800. The van der Waals surface area contributed by atoms with Gasteiger partial charge in [0.2, 0.25) is 10.0 Å². The van der Waals surface area contributed by atoms with Crippen LogP contribution in [0.4, 0.5) is 0 Å². The van der Waals surface area contributed by atoms with Gasteiger partial charge in [0.15, 0.2) is 0 Å². The van der Waals surface area contributed by atoms with E-state index in [2.05, 4.69) is 10.0 Å². The number of hydrogen-bond acceptors (Lipinski definition) is 4. The van der Waals surface area contributed by atoms with Crippen LogP contribution in [0, 0.1) is 0 Å². The number of nitrogens with one attached hydrogen (secondary N) is 2. The predicted octanol–water partition coefficient (Wildman–Crippen LogP) is 1.91. The lowest BCUT2D eigenvalue weighted by Crippen LogP contribution is -2.47. The molecule has 0 aliphatic heterocycles.